The van der Waals surface area contributed by atoms with Crippen LogP contribution in [0.3, 0.4) is 0 Å². The van der Waals surface area contributed by atoms with E-state index < -0.39 is 5.97 Å². The molecule has 0 aromatic carbocycles. The lowest BCUT2D eigenvalue weighted by Gasteiger charge is -2.10. The highest BCUT2D eigenvalue weighted by atomic mass is 16.6. The molecule has 1 aliphatic heterocycles. The van der Waals surface area contributed by atoms with Gasteiger partial charge in [-0.1, -0.05) is 38.5 Å². The van der Waals surface area contributed by atoms with Crippen molar-refractivity contribution in [3.05, 3.63) is 7.05 Å². The second-order valence-electron chi connectivity index (χ2n) is 5.90. The maximum absolute atomic E-state index is 10.3. The monoisotopic (exact) mass is 287 g/mol. The van der Waals surface area contributed by atoms with E-state index in [-0.39, 0.29) is 24.4 Å². The van der Waals surface area contributed by atoms with Crippen LogP contribution in [-0.2, 0) is 9.53 Å². The maximum Gasteiger partial charge on any atom is 0.303 e. The molecule has 3 atom stereocenters. The van der Waals surface area contributed by atoms with Gasteiger partial charge >= 0.3 is 5.97 Å². The Morgan fingerprint density at radius 1 is 1.25 bits per heavy atom. The van der Waals surface area contributed by atoms with Crippen LogP contribution in [0.4, 0.5) is 0 Å². The normalized spacial score (nSPS) is 26.4. The predicted molar refractivity (Wildman–Crippen MR) is 75.8 cm³/mol. The van der Waals surface area contributed by atoms with Crippen molar-refractivity contribution in [1.29, 1.82) is 0 Å². The van der Waals surface area contributed by atoms with Crippen LogP contribution in [0.25, 0.3) is 0 Å². The third kappa shape index (κ3) is 6.20. The number of quaternary nitrogens is 1. The summed E-state index contributed by atoms with van der Waals surface area (Å²) in [7, 11) is 3.71. The Balaban J connectivity index is 1.87. The van der Waals surface area contributed by atoms with E-state index >= 15 is 0 Å². The molecule has 4 N–H and O–H groups in total. The average molecular weight is 287 g/mol. The summed E-state index contributed by atoms with van der Waals surface area (Å²) in [6, 6.07) is 0. The van der Waals surface area contributed by atoms with Gasteiger partial charge in [0.2, 0.25) is 5.72 Å². The van der Waals surface area contributed by atoms with Gasteiger partial charge in [-0.3, -0.25) is 4.79 Å². The molecule has 1 rings (SSSR count). The fourth-order valence-electron chi connectivity index (χ4n) is 2.53. The van der Waals surface area contributed by atoms with E-state index in [4.69, 9.17) is 9.84 Å². The fourth-order valence-corrected chi connectivity index (χ4v) is 2.53. The number of hydrogen-bond donors (Lipinski definition) is 3. The molecule has 5 nitrogen and oxygen atoms in total. The summed E-state index contributed by atoms with van der Waals surface area (Å²) in [6.07, 6.45) is 7.96. The van der Waals surface area contributed by atoms with Crippen LogP contribution in [0.1, 0.15) is 64.7 Å². The molecule has 2 unspecified atom stereocenters. The molecule has 0 aromatic heterocycles. The molecule has 5 heteroatoms. The zero-order valence-corrected chi connectivity index (χ0v) is 12.5. The van der Waals surface area contributed by atoms with Gasteiger partial charge in [0.15, 0.2) is 6.10 Å². The molecular weight excluding hydrogens is 258 g/mol. The minimum atomic E-state index is -0.701. The van der Waals surface area contributed by atoms with E-state index in [0.29, 0.717) is 0 Å². The minimum absolute atomic E-state index is 0.0731. The van der Waals surface area contributed by atoms with Crippen LogP contribution in [0, 0.1) is 7.05 Å². The number of aliphatic carboxylic acids is 1. The van der Waals surface area contributed by atoms with Gasteiger partial charge in [0.25, 0.3) is 0 Å². The largest absolute Gasteiger partial charge is 0.481 e. The second-order valence-corrected chi connectivity index (χ2v) is 5.90. The van der Waals surface area contributed by atoms with Gasteiger partial charge in [-0.2, -0.15) is 0 Å². The number of rotatable bonds is 12. The van der Waals surface area contributed by atoms with Crippen molar-refractivity contribution in [2.45, 2.75) is 82.6 Å². The van der Waals surface area contributed by atoms with Gasteiger partial charge in [-0.25, -0.2) is 0 Å². The number of ether oxygens (including phenoxy) is 1. The molecule has 20 heavy (non-hydrogen) atoms. The van der Waals surface area contributed by atoms with Gasteiger partial charge in [0.05, 0.1) is 6.10 Å². The van der Waals surface area contributed by atoms with Crippen LogP contribution >= 0.6 is 0 Å². The van der Waals surface area contributed by atoms with Crippen molar-refractivity contribution < 1.29 is 25.1 Å². The van der Waals surface area contributed by atoms with E-state index in [1.807, 2.05) is 6.92 Å². The number of aliphatic hydroxyl groups is 1. The third-order valence-corrected chi connectivity index (χ3v) is 4.03. The first-order chi connectivity index (χ1) is 9.49. The lowest BCUT2D eigenvalue weighted by molar-refractivity contribution is -0.666. The van der Waals surface area contributed by atoms with Crippen molar-refractivity contribution in [2.24, 2.45) is 0 Å². The van der Waals surface area contributed by atoms with E-state index in [2.05, 4.69) is 7.05 Å². The Labute approximate surface area is 121 Å². The maximum atomic E-state index is 10.3. The molecule has 0 aliphatic carbocycles. The van der Waals surface area contributed by atoms with Gasteiger partial charge in [-0.15, -0.1) is 7.05 Å². The van der Waals surface area contributed by atoms with E-state index in [1.165, 1.54) is 0 Å². The Hall–Kier alpha value is -0.650. The minimum Gasteiger partial charge on any atom is -0.481 e. The Kier molecular flexibility index (Phi) is 7.48. The second kappa shape index (κ2) is 8.60. The molecule has 0 saturated carbocycles. The molecule has 0 bridgehead atoms. The molecule has 118 valence electrons. The fraction of sp³-hybridized carbons (Fsp3) is 0.867. The Morgan fingerprint density at radius 2 is 1.80 bits per heavy atom. The third-order valence-electron chi connectivity index (χ3n) is 4.03. The number of aliphatic hydroxyl groups excluding tert-OH is 1. The first-order valence-electron chi connectivity index (χ1n) is 7.71. The molecule has 1 saturated heterocycles. The van der Waals surface area contributed by atoms with Crippen LogP contribution in [0.5, 0.6) is 0 Å². The number of epoxide rings is 1. The van der Waals surface area contributed by atoms with Crippen molar-refractivity contribution in [1.82, 2.24) is 0 Å². The number of unbranched alkanes of at least 4 members (excludes halogenated alkanes) is 6. The summed E-state index contributed by atoms with van der Waals surface area (Å²) in [5.74, 6) is -0.701. The molecule has 0 aromatic rings. The van der Waals surface area contributed by atoms with Crippen molar-refractivity contribution in [3.8, 4) is 0 Å². The number of hydrogen-bond acceptors (Lipinski definition) is 3. The van der Waals surface area contributed by atoms with E-state index in [0.717, 1.165) is 51.4 Å². The number of carboxylic acid groups (broad SMARTS) is 1. The molecular formula is C15H29NO4. The molecule has 1 fully saturated rings. The Bertz CT molecular complexity index is 298. The SMILES string of the molecule is [CH2-][NH2+][C@]1(C)OC1C(O)CCCCCCCCCC(=O)O. The average Bonchev–Trinajstić information content (AvgIpc) is 3.09. The van der Waals surface area contributed by atoms with Gasteiger partial charge in [-0.05, 0) is 12.8 Å². The highest BCUT2D eigenvalue weighted by Crippen LogP contribution is 2.33. The van der Waals surface area contributed by atoms with Crippen molar-refractivity contribution in [2.75, 3.05) is 0 Å². The smallest absolute Gasteiger partial charge is 0.303 e. The lowest BCUT2D eigenvalue weighted by Crippen LogP contribution is -2.86. The van der Waals surface area contributed by atoms with Crippen LogP contribution in [0.15, 0.2) is 0 Å². The van der Waals surface area contributed by atoms with Crippen molar-refractivity contribution >= 4 is 5.97 Å². The summed E-state index contributed by atoms with van der Waals surface area (Å²) in [4.78, 5) is 10.3. The first kappa shape index (κ1) is 17.4. The lowest BCUT2D eigenvalue weighted by atomic mass is 10.0. The molecule has 0 radical (unpaired) electrons. The summed E-state index contributed by atoms with van der Waals surface area (Å²) < 4.78 is 5.44. The zero-order valence-electron chi connectivity index (χ0n) is 12.5. The highest BCUT2D eigenvalue weighted by molar-refractivity contribution is 5.66. The molecule has 0 spiro atoms. The summed E-state index contributed by atoms with van der Waals surface area (Å²) in [5, 5.41) is 20.2. The predicted octanol–water partition coefficient (Wildman–Crippen LogP) is 1.41. The number of carbonyl (C=O) groups is 1. The molecule has 1 aliphatic rings. The van der Waals surface area contributed by atoms with Crippen molar-refractivity contribution in [3.63, 3.8) is 0 Å². The topological polar surface area (TPSA) is 86.7 Å². The molecule has 0 amide bonds. The zero-order chi connectivity index (χ0) is 15.0. The van der Waals surface area contributed by atoms with Crippen LogP contribution in [0.2, 0.25) is 0 Å². The van der Waals surface area contributed by atoms with E-state index in [9.17, 15) is 9.90 Å². The van der Waals surface area contributed by atoms with Gasteiger partial charge in [0, 0.05) is 13.3 Å². The first-order valence-corrected chi connectivity index (χ1v) is 7.71. The van der Waals surface area contributed by atoms with Gasteiger partial charge < -0.3 is 20.3 Å². The van der Waals surface area contributed by atoms with Crippen LogP contribution < -0.4 is 5.32 Å². The number of carboxylic acids is 1. The summed E-state index contributed by atoms with van der Waals surface area (Å²) in [5.41, 5.74) is -0.316. The highest BCUT2D eigenvalue weighted by Gasteiger charge is 2.57. The summed E-state index contributed by atoms with van der Waals surface area (Å²) >= 11 is 0. The molecule has 1 heterocycles. The standard InChI is InChI=1S/C15H29NO4/c1-15(16-2)14(20-15)12(17)10-8-6-4-3-5-7-9-11-13(18)19/h12,14,17H,2-11,16H2,1H3,(H,18,19)/t12?,14?,15-/m1/s1. The van der Waals surface area contributed by atoms with Gasteiger partial charge in [0.1, 0.15) is 0 Å². The van der Waals surface area contributed by atoms with Crippen LogP contribution in [-0.4, -0.2) is 34.1 Å². The van der Waals surface area contributed by atoms with E-state index in [1.54, 1.807) is 5.32 Å². The summed E-state index contributed by atoms with van der Waals surface area (Å²) in [6.45, 7) is 1.95. The Morgan fingerprint density at radius 3 is 2.30 bits per heavy atom. The number of nitrogens with two attached hydrogens (primary N) is 1. The quantitative estimate of drug-likeness (QED) is 0.288.